The van der Waals surface area contributed by atoms with Crippen molar-refractivity contribution in [2.75, 3.05) is 13.6 Å². The number of benzene rings is 3. The molecule has 2 aromatic heterocycles. The van der Waals surface area contributed by atoms with E-state index in [4.69, 9.17) is 4.42 Å². The van der Waals surface area contributed by atoms with Gasteiger partial charge in [-0.1, -0.05) is 32.0 Å². The summed E-state index contributed by atoms with van der Waals surface area (Å²) in [6.45, 7) is 6.57. The standard InChI is InChI=1S/C33H30FN3O3/c1-19(2)18-37-32(38)27-16-22(7-11-26(27)24-13-14-36-20(3)15-24)23-8-12-29-28(17-23)30(33(39)35-4)31(40-29)21-5-9-25(34)10-6-21/h5-17,19H,18H2,1-4H3,(H,35,39)(H,37,38). The fourth-order valence-electron chi connectivity index (χ4n) is 4.70. The summed E-state index contributed by atoms with van der Waals surface area (Å²) < 4.78 is 19.7. The topological polar surface area (TPSA) is 84.2 Å². The number of fused-ring (bicyclic) bond motifs is 1. The zero-order chi connectivity index (χ0) is 28.4. The predicted molar refractivity (Wildman–Crippen MR) is 156 cm³/mol. The molecule has 0 radical (unpaired) electrons. The van der Waals surface area contributed by atoms with Crippen molar-refractivity contribution in [2.45, 2.75) is 20.8 Å². The number of amides is 2. The Bertz CT molecular complexity index is 1720. The largest absolute Gasteiger partial charge is 0.455 e. The first-order valence-corrected chi connectivity index (χ1v) is 13.2. The highest BCUT2D eigenvalue weighted by Crippen LogP contribution is 2.37. The average Bonchev–Trinajstić information content (AvgIpc) is 3.34. The molecule has 2 heterocycles. The van der Waals surface area contributed by atoms with E-state index in [0.717, 1.165) is 27.9 Å². The molecule has 6 nitrogen and oxygen atoms in total. The van der Waals surface area contributed by atoms with Gasteiger partial charge < -0.3 is 15.1 Å². The molecule has 0 spiro atoms. The monoisotopic (exact) mass is 535 g/mol. The van der Waals surface area contributed by atoms with Crippen LogP contribution in [0.2, 0.25) is 0 Å². The molecule has 3 aromatic carbocycles. The normalized spacial score (nSPS) is 11.2. The highest BCUT2D eigenvalue weighted by Gasteiger charge is 2.22. The van der Waals surface area contributed by atoms with E-state index in [-0.39, 0.29) is 17.6 Å². The second-order valence-corrected chi connectivity index (χ2v) is 10.2. The molecule has 0 saturated heterocycles. The Labute approximate surface area is 232 Å². The van der Waals surface area contributed by atoms with Crippen LogP contribution in [0.25, 0.3) is 44.5 Å². The van der Waals surface area contributed by atoms with E-state index in [1.165, 1.54) is 12.1 Å². The summed E-state index contributed by atoms with van der Waals surface area (Å²) >= 11 is 0. The summed E-state index contributed by atoms with van der Waals surface area (Å²) in [6, 6.07) is 21.1. The smallest absolute Gasteiger partial charge is 0.255 e. The van der Waals surface area contributed by atoms with Gasteiger partial charge in [0.2, 0.25) is 0 Å². The first kappa shape index (κ1) is 26.8. The molecule has 2 amide bonds. The van der Waals surface area contributed by atoms with Crippen LogP contribution in [-0.2, 0) is 0 Å². The Morgan fingerprint density at radius 3 is 2.27 bits per heavy atom. The predicted octanol–water partition coefficient (Wildman–Crippen LogP) is 7.02. The van der Waals surface area contributed by atoms with Gasteiger partial charge in [-0.3, -0.25) is 14.6 Å². The van der Waals surface area contributed by atoms with Crippen LogP contribution in [0.5, 0.6) is 0 Å². The number of halogens is 1. The minimum atomic E-state index is -0.373. The number of aromatic nitrogens is 1. The third-order valence-corrected chi connectivity index (χ3v) is 6.72. The lowest BCUT2D eigenvalue weighted by Gasteiger charge is -2.14. The van der Waals surface area contributed by atoms with E-state index < -0.39 is 0 Å². The molecule has 2 N–H and O–H groups in total. The highest BCUT2D eigenvalue weighted by molar-refractivity contribution is 6.12. The van der Waals surface area contributed by atoms with Crippen LogP contribution in [0.1, 0.15) is 40.3 Å². The van der Waals surface area contributed by atoms with E-state index in [1.807, 2.05) is 69.3 Å². The molecule has 0 saturated carbocycles. The molecular formula is C33H30FN3O3. The van der Waals surface area contributed by atoms with Gasteiger partial charge in [-0.25, -0.2) is 4.39 Å². The van der Waals surface area contributed by atoms with E-state index >= 15 is 0 Å². The van der Waals surface area contributed by atoms with E-state index in [0.29, 0.717) is 45.9 Å². The molecule has 5 aromatic rings. The van der Waals surface area contributed by atoms with Crippen molar-refractivity contribution in [1.82, 2.24) is 15.6 Å². The summed E-state index contributed by atoms with van der Waals surface area (Å²) in [6.07, 6.45) is 1.74. The van der Waals surface area contributed by atoms with Crippen LogP contribution in [0.3, 0.4) is 0 Å². The highest BCUT2D eigenvalue weighted by atomic mass is 19.1. The number of rotatable bonds is 7. The zero-order valence-electron chi connectivity index (χ0n) is 22.8. The van der Waals surface area contributed by atoms with Gasteiger partial charge in [0.15, 0.2) is 0 Å². The van der Waals surface area contributed by atoms with Gasteiger partial charge in [0.1, 0.15) is 17.2 Å². The SMILES string of the molecule is CNC(=O)c1c(-c2ccc(F)cc2)oc2ccc(-c3ccc(-c4ccnc(C)c4)c(C(=O)NCC(C)C)c3)cc12. The van der Waals surface area contributed by atoms with Gasteiger partial charge in [-0.2, -0.15) is 0 Å². The number of aryl methyl sites for hydroxylation is 1. The second-order valence-electron chi connectivity index (χ2n) is 10.2. The van der Waals surface area contributed by atoms with Crippen molar-refractivity contribution in [2.24, 2.45) is 5.92 Å². The van der Waals surface area contributed by atoms with Gasteiger partial charge in [0.25, 0.3) is 11.8 Å². The van der Waals surface area contributed by atoms with Crippen molar-refractivity contribution in [3.63, 3.8) is 0 Å². The van der Waals surface area contributed by atoms with E-state index in [1.54, 1.807) is 25.4 Å². The molecule has 0 aliphatic rings. The van der Waals surface area contributed by atoms with Crippen molar-refractivity contribution >= 4 is 22.8 Å². The molecule has 0 aliphatic heterocycles. The molecular weight excluding hydrogens is 505 g/mol. The molecule has 0 bridgehead atoms. The van der Waals surface area contributed by atoms with E-state index in [2.05, 4.69) is 15.6 Å². The lowest BCUT2D eigenvalue weighted by Crippen LogP contribution is -2.27. The number of pyridine rings is 1. The first-order chi connectivity index (χ1) is 19.2. The van der Waals surface area contributed by atoms with Crippen LogP contribution < -0.4 is 10.6 Å². The minimum absolute atomic E-state index is 0.158. The molecule has 202 valence electrons. The Morgan fingerprint density at radius 1 is 0.875 bits per heavy atom. The number of carbonyl (C=O) groups excluding carboxylic acids is 2. The minimum Gasteiger partial charge on any atom is -0.455 e. The lowest BCUT2D eigenvalue weighted by molar-refractivity contribution is 0.0946. The van der Waals surface area contributed by atoms with Crippen molar-refractivity contribution in [3.8, 4) is 33.6 Å². The maximum Gasteiger partial charge on any atom is 0.255 e. The Balaban J connectivity index is 1.64. The van der Waals surface area contributed by atoms with Crippen molar-refractivity contribution in [3.05, 3.63) is 102 Å². The van der Waals surface area contributed by atoms with Gasteiger partial charge in [-0.15, -0.1) is 0 Å². The van der Waals surface area contributed by atoms with Crippen LogP contribution >= 0.6 is 0 Å². The van der Waals surface area contributed by atoms with E-state index in [9.17, 15) is 14.0 Å². The third-order valence-electron chi connectivity index (χ3n) is 6.72. The summed E-state index contributed by atoms with van der Waals surface area (Å²) in [5.41, 5.74) is 6.25. The Hall–Kier alpha value is -4.78. The number of nitrogens with one attached hydrogen (secondary N) is 2. The van der Waals surface area contributed by atoms with Crippen molar-refractivity contribution < 1.29 is 18.4 Å². The maximum absolute atomic E-state index is 13.6. The Morgan fingerprint density at radius 2 is 1.57 bits per heavy atom. The number of hydrogen-bond acceptors (Lipinski definition) is 4. The third kappa shape index (κ3) is 5.36. The average molecular weight is 536 g/mol. The van der Waals surface area contributed by atoms with Gasteiger partial charge in [-0.05, 0) is 89.7 Å². The van der Waals surface area contributed by atoms with Crippen LogP contribution in [-0.4, -0.2) is 30.4 Å². The summed E-state index contributed by atoms with van der Waals surface area (Å²) in [4.78, 5) is 30.7. The van der Waals surface area contributed by atoms with Gasteiger partial charge >= 0.3 is 0 Å². The molecule has 0 atom stereocenters. The molecule has 0 unspecified atom stereocenters. The summed E-state index contributed by atoms with van der Waals surface area (Å²) in [5.74, 6) is -0.173. The maximum atomic E-state index is 13.6. The van der Waals surface area contributed by atoms with Crippen LogP contribution in [0.15, 0.2) is 83.4 Å². The van der Waals surface area contributed by atoms with Gasteiger partial charge in [0, 0.05) is 42.0 Å². The molecule has 5 rings (SSSR count). The molecule has 40 heavy (non-hydrogen) atoms. The zero-order valence-corrected chi connectivity index (χ0v) is 22.8. The number of nitrogens with zero attached hydrogens (tertiary/aromatic N) is 1. The van der Waals surface area contributed by atoms with Crippen LogP contribution in [0.4, 0.5) is 4.39 Å². The van der Waals surface area contributed by atoms with Crippen LogP contribution in [0, 0.1) is 18.7 Å². The van der Waals surface area contributed by atoms with Gasteiger partial charge in [0.05, 0.1) is 5.56 Å². The number of furan rings is 1. The molecule has 0 aliphatic carbocycles. The lowest BCUT2D eigenvalue weighted by atomic mass is 9.93. The number of carbonyl (C=O) groups is 2. The quantitative estimate of drug-likeness (QED) is 0.235. The Kier molecular flexibility index (Phi) is 7.47. The summed E-state index contributed by atoms with van der Waals surface area (Å²) in [5, 5.41) is 6.35. The second kappa shape index (κ2) is 11.1. The summed E-state index contributed by atoms with van der Waals surface area (Å²) in [7, 11) is 1.56. The fraction of sp³-hybridized carbons (Fsp3) is 0.182. The fourth-order valence-corrected chi connectivity index (χ4v) is 4.70. The first-order valence-electron chi connectivity index (χ1n) is 13.2. The number of hydrogen-bond donors (Lipinski definition) is 2. The molecule has 7 heteroatoms. The van der Waals surface area contributed by atoms with Crippen molar-refractivity contribution in [1.29, 1.82) is 0 Å². The molecule has 0 fully saturated rings.